The molecule has 0 aliphatic carbocycles. The van der Waals surface area contributed by atoms with E-state index in [1.165, 1.54) is 0 Å². The van der Waals surface area contributed by atoms with E-state index in [2.05, 4.69) is 10.2 Å². The zero-order chi connectivity index (χ0) is 14.4. The summed E-state index contributed by atoms with van der Waals surface area (Å²) >= 11 is 1.94. The first-order valence-corrected chi connectivity index (χ1v) is 8.15. The fourth-order valence-corrected chi connectivity index (χ4v) is 3.28. The van der Waals surface area contributed by atoms with Crippen molar-refractivity contribution >= 4 is 17.7 Å². The Bertz CT molecular complexity index is 447. The van der Waals surface area contributed by atoms with E-state index in [0.717, 1.165) is 35.7 Å². The Morgan fingerprint density at radius 3 is 2.65 bits per heavy atom. The monoisotopic (exact) mass is 294 g/mol. The van der Waals surface area contributed by atoms with Crippen LogP contribution in [0.15, 0.2) is 24.3 Å². The molecule has 2 rings (SSSR count). The summed E-state index contributed by atoms with van der Waals surface area (Å²) in [6.45, 7) is 4.40. The SMILES string of the molecule is CC(C(=O)NCc1ccccc1CO)N1CCSCC1. The standard InChI is InChI=1S/C15H22N2O2S/c1-12(17-6-8-20-9-7-17)15(19)16-10-13-4-2-3-5-14(13)11-18/h2-5,12,18H,6-11H2,1H3,(H,16,19). The molecule has 1 amide bonds. The Morgan fingerprint density at radius 2 is 2.00 bits per heavy atom. The molecule has 0 bridgehead atoms. The van der Waals surface area contributed by atoms with Gasteiger partial charge in [-0.05, 0) is 18.1 Å². The van der Waals surface area contributed by atoms with Crippen molar-refractivity contribution in [2.75, 3.05) is 24.6 Å². The summed E-state index contributed by atoms with van der Waals surface area (Å²) in [6, 6.07) is 7.55. The van der Waals surface area contributed by atoms with Crippen LogP contribution in [0.25, 0.3) is 0 Å². The molecular weight excluding hydrogens is 272 g/mol. The van der Waals surface area contributed by atoms with Gasteiger partial charge in [0.05, 0.1) is 12.6 Å². The lowest BCUT2D eigenvalue weighted by molar-refractivity contribution is -0.125. The van der Waals surface area contributed by atoms with Gasteiger partial charge in [0.1, 0.15) is 0 Å². The molecule has 0 aromatic heterocycles. The summed E-state index contributed by atoms with van der Waals surface area (Å²) in [5.74, 6) is 2.26. The average molecular weight is 294 g/mol. The summed E-state index contributed by atoms with van der Waals surface area (Å²) in [5, 5.41) is 12.2. The third kappa shape index (κ3) is 3.98. The molecule has 0 radical (unpaired) electrons. The van der Waals surface area contributed by atoms with Crippen molar-refractivity contribution < 1.29 is 9.90 Å². The Labute approximate surface area is 124 Å². The highest BCUT2D eigenvalue weighted by Crippen LogP contribution is 2.13. The maximum atomic E-state index is 12.2. The van der Waals surface area contributed by atoms with Gasteiger partial charge in [-0.1, -0.05) is 24.3 Å². The van der Waals surface area contributed by atoms with E-state index in [1.54, 1.807) is 0 Å². The fraction of sp³-hybridized carbons (Fsp3) is 0.533. The number of benzene rings is 1. The summed E-state index contributed by atoms with van der Waals surface area (Å²) in [7, 11) is 0. The number of hydrogen-bond acceptors (Lipinski definition) is 4. The summed E-state index contributed by atoms with van der Waals surface area (Å²) in [6.07, 6.45) is 0. The molecule has 2 N–H and O–H groups in total. The second-order valence-electron chi connectivity index (χ2n) is 4.97. The molecule has 1 aliphatic rings. The molecule has 1 heterocycles. The second kappa shape index (κ2) is 7.67. The summed E-state index contributed by atoms with van der Waals surface area (Å²) in [5.41, 5.74) is 1.85. The number of amides is 1. The van der Waals surface area contributed by atoms with Crippen LogP contribution in [0.3, 0.4) is 0 Å². The molecule has 0 spiro atoms. The molecule has 1 atom stereocenters. The van der Waals surface area contributed by atoms with Gasteiger partial charge in [-0.25, -0.2) is 0 Å². The van der Waals surface area contributed by atoms with Gasteiger partial charge in [0, 0.05) is 31.1 Å². The van der Waals surface area contributed by atoms with Crippen molar-refractivity contribution in [1.29, 1.82) is 0 Å². The van der Waals surface area contributed by atoms with Gasteiger partial charge >= 0.3 is 0 Å². The number of nitrogens with one attached hydrogen (secondary N) is 1. The van der Waals surface area contributed by atoms with Crippen LogP contribution < -0.4 is 5.32 Å². The first-order chi connectivity index (χ1) is 9.72. The number of aliphatic hydroxyl groups excluding tert-OH is 1. The average Bonchev–Trinajstić information content (AvgIpc) is 2.53. The molecular formula is C15H22N2O2S. The minimum Gasteiger partial charge on any atom is -0.392 e. The van der Waals surface area contributed by atoms with Crippen molar-refractivity contribution in [2.45, 2.75) is 26.1 Å². The van der Waals surface area contributed by atoms with Crippen LogP contribution in [-0.2, 0) is 17.9 Å². The van der Waals surface area contributed by atoms with Gasteiger partial charge in [-0.15, -0.1) is 0 Å². The smallest absolute Gasteiger partial charge is 0.237 e. The molecule has 1 fully saturated rings. The highest BCUT2D eigenvalue weighted by molar-refractivity contribution is 7.99. The van der Waals surface area contributed by atoms with Gasteiger partial charge < -0.3 is 10.4 Å². The van der Waals surface area contributed by atoms with E-state index < -0.39 is 0 Å². The van der Waals surface area contributed by atoms with Crippen molar-refractivity contribution in [3.63, 3.8) is 0 Å². The van der Waals surface area contributed by atoms with Crippen LogP contribution in [0.1, 0.15) is 18.1 Å². The topological polar surface area (TPSA) is 52.6 Å². The summed E-state index contributed by atoms with van der Waals surface area (Å²) in [4.78, 5) is 14.4. The minimum atomic E-state index is -0.0859. The highest BCUT2D eigenvalue weighted by atomic mass is 32.2. The van der Waals surface area contributed by atoms with Crippen molar-refractivity contribution in [1.82, 2.24) is 10.2 Å². The predicted octanol–water partition coefficient (Wildman–Crippen LogP) is 1.23. The van der Waals surface area contributed by atoms with Crippen LogP contribution in [0.2, 0.25) is 0 Å². The highest BCUT2D eigenvalue weighted by Gasteiger charge is 2.22. The summed E-state index contributed by atoms with van der Waals surface area (Å²) < 4.78 is 0. The van der Waals surface area contributed by atoms with E-state index >= 15 is 0 Å². The van der Waals surface area contributed by atoms with Gasteiger partial charge in [-0.2, -0.15) is 11.8 Å². The molecule has 1 unspecified atom stereocenters. The zero-order valence-corrected chi connectivity index (χ0v) is 12.7. The van der Waals surface area contributed by atoms with Gasteiger partial charge in [0.25, 0.3) is 0 Å². The van der Waals surface area contributed by atoms with Crippen LogP contribution in [0.4, 0.5) is 0 Å². The molecule has 5 heteroatoms. The van der Waals surface area contributed by atoms with Gasteiger partial charge in [0.2, 0.25) is 5.91 Å². The molecule has 0 saturated carbocycles. The number of nitrogens with zero attached hydrogens (tertiary/aromatic N) is 1. The van der Waals surface area contributed by atoms with Crippen molar-refractivity contribution in [3.05, 3.63) is 35.4 Å². The number of hydrogen-bond donors (Lipinski definition) is 2. The van der Waals surface area contributed by atoms with Crippen molar-refractivity contribution in [2.24, 2.45) is 0 Å². The number of carbonyl (C=O) groups excluding carboxylic acids is 1. The van der Waals surface area contributed by atoms with E-state index in [1.807, 2.05) is 43.0 Å². The quantitative estimate of drug-likeness (QED) is 0.858. The lowest BCUT2D eigenvalue weighted by Crippen LogP contribution is -2.48. The van der Waals surface area contributed by atoms with Crippen LogP contribution in [-0.4, -0.2) is 46.6 Å². The fourth-order valence-electron chi connectivity index (χ4n) is 2.34. The van der Waals surface area contributed by atoms with Crippen molar-refractivity contribution in [3.8, 4) is 0 Å². The van der Waals surface area contributed by atoms with Crippen LogP contribution in [0.5, 0.6) is 0 Å². The molecule has 20 heavy (non-hydrogen) atoms. The maximum absolute atomic E-state index is 12.2. The molecule has 1 aromatic carbocycles. The van der Waals surface area contributed by atoms with E-state index in [4.69, 9.17) is 0 Å². The molecule has 4 nitrogen and oxygen atoms in total. The lowest BCUT2D eigenvalue weighted by atomic mass is 10.1. The molecule has 1 saturated heterocycles. The first kappa shape index (κ1) is 15.4. The Kier molecular flexibility index (Phi) is 5.88. The van der Waals surface area contributed by atoms with Gasteiger partial charge in [-0.3, -0.25) is 9.69 Å². The predicted molar refractivity (Wildman–Crippen MR) is 82.6 cm³/mol. The molecule has 1 aromatic rings. The number of rotatable bonds is 5. The third-order valence-corrected chi connectivity index (χ3v) is 4.66. The Morgan fingerprint density at radius 1 is 1.35 bits per heavy atom. The van der Waals surface area contributed by atoms with E-state index in [9.17, 15) is 9.90 Å². The Hall–Kier alpha value is -1.04. The third-order valence-electron chi connectivity index (χ3n) is 3.71. The Balaban J connectivity index is 1.87. The number of thioether (sulfide) groups is 1. The lowest BCUT2D eigenvalue weighted by Gasteiger charge is -2.31. The maximum Gasteiger partial charge on any atom is 0.237 e. The second-order valence-corrected chi connectivity index (χ2v) is 6.19. The number of carbonyl (C=O) groups is 1. The molecule has 1 aliphatic heterocycles. The normalized spacial score (nSPS) is 17.7. The van der Waals surface area contributed by atoms with Crippen LogP contribution >= 0.6 is 11.8 Å². The van der Waals surface area contributed by atoms with E-state index in [-0.39, 0.29) is 18.6 Å². The largest absolute Gasteiger partial charge is 0.392 e. The van der Waals surface area contributed by atoms with Crippen LogP contribution in [0, 0.1) is 0 Å². The first-order valence-electron chi connectivity index (χ1n) is 6.99. The van der Waals surface area contributed by atoms with Gasteiger partial charge in [0.15, 0.2) is 0 Å². The molecule has 110 valence electrons. The zero-order valence-electron chi connectivity index (χ0n) is 11.8. The van der Waals surface area contributed by atoms with E-state index in [0.29, 0.717) is 6.54 Å². The minimum absolute atomic E-state index is 0.00491. The number of aliphatic hydroxyl groups is 1.